The van der Waals surface area contributed by atoms with Crippen molar-refractivity contribution in [3.8, 4) is 0 Å². The minimum atomic E-state index is -0.769. The minimum Gasteiger partial charge on any atom is -0.453 e. The largest absolute Gasteiger partial charge is 0.453 e. The third-order valence-electron chi connectivity index (χ3n) is 3.76. The van der Waals surface area contributed by atoms with Crippen molar-refractivity contribution in [1.29, 1.82) is 0 Å². The van der Waals surface area contributed by atoms with E-state index in [1.165, 1.54) is 0 Å². The number of hydrogen-bond donors (Lipinski definition) is 1. The van der Waals surface area contributed by atoms with Gasteiger partial charge in [-0.3, -0.25) is 0 Å². The summed E-state index contributed by atoms with van der Waals surface area (Å²) in [6, 6.07) is 0. The SMILES string of the molecule is C=C(C)C(=O)OC1[C@H]2O[C@@H](O)CC3C[C@H]1OC32. The van der Waals surface area contributed by atoms with Crippen molar-refractivity contribution in [3.05, 3.63) is 12.2 Å². The van der Waals surface area contributed by atoms with Crippen molar-refractivity contribution in [2.45, 2.75) is 50.5 Å². The fourth-order valence-corrected chi connectivity index (χ4v) is 3.01. The Morgan fingerprint density at radius 2 is 2.12 bits per heavy atom. The third-order valence-corrected chi connectivity index (χ3v) is 3.76. The molecule has 0 spiro atoms. The van der Waals surface area contributed by atoms with Crippen LogP contribution in [0.25, 0.3) is 0 Å². The van der Waals surface area contributed by atoms with Gasteiger partial charge in [-0.2, -0.15) is 0 Å². The second-order valence-corrected chi connectivity index (χ2v) is 5.08. The van der Waals surface area contributed by atoms with E-state index in [9.17, 15) is 9.90 Å². The average Bonchev–Trinajstić information content (AvgIpc) is 2.78. The summed E-state index contributed by atoms with van der Waals surface area (Å²) in [5, 5.41) is 9.58. The lowest BCUT2D eigenvalue weighted by Crippen LogP contribution is -2.51. The average molecular weight is 240 g/mol. The first-order valence-electron chi connectivity index (χ1n) is 5.91. The number of hydrogen-bond acceptors (Lipinski definition) is 5. The Kier molecular flexibility index (Phi) is 2.50. The molecule has 0 amide bonds. The summed E-state index contributed by atoms with van der Waals surface area (Å²) in [6.07, 6.45) is -0.192. The van der Waals surface area contributed by atoms with Gasteiger partial charge in [0.15, 0.2) is 12.4 Å². The molecular formula is C12H16O5. The standard InChI is InChI=1S/C12H16O5/c1-5(2)12(14)17-10-7-3-6-4-8(13)16-11(10)9(6)15-7/h6-11,13H,1,3-4H2,2H3/t6?,7-,8-,9?,10?,11+/m1/s1. The van der Waals surface area contributed by atoms with Crippen LogP contribution in [0.4, 0.5) is 0 Å². The number of fused-ring (bicyclic) bond motifs is 1. The molecule has 0 aromatic heterocycles. The van der Waals surface area contributed by atoms with Crippen molar-refractivity contribution in [2.75, 3.05) is 0 Å². The Balaban J connectivity index is 1.74. The summed E-state index contributed by atoms with van der Waals surface area (Å²) < 4.78 is 16.5. The predicted octanol–water partition coefficient (Wildman–Crippen LogP) is 0.369. The van der Waals surface area contributed by atoms with Crippen molar-refractivity contribution in [2.24, 2.45) is 5.92 Å². The van der Waals surface area contributed by atoms with Crippen LogP contribution in [0.2, 0.25) is 0 Å². The molecule has 3 aliphatic heterocycles. The molecule has 0 radical (unpaired) electrons. The summed E-state index contributed by atoms with van der Waals surface area (Å²) in [6.45, 7) is 5.16. The maximum absolute atomic E-state index is 11.5. The van der Waals surface area contributed by atoms with Crippen LogP contribution in [0, 0.1) is 5.92 Å². The van der Waals surface area contributed by atoms with E-state index < -0.39 is 18.4 Å². The van der Waals surface area contributed by atoms with E-state index in [4.69, 9.17) is 14.2 Å². The maximum atomic E-state index is 11.5. The molecule has 3 rings (SSSR count). The first kappa shape index (κ1) is 11.2. The van der Waals surface area contributed by atoms with E-state index in [1.807, 2.05) is 0 Å². The second-order valence-electron chi connectivity index (χ2n) is 5.08. The quantitative estimate of drug-likeness (QED) is 0.558. The van der Waals surface area contributed by atoms with Crippen LogP contribution >= 0.6 is 0 Å². The van der Waals surface area contributed by atoms with Crippen LogP contribution in [-0.4, -0.2) is 41.8 Å². The van der Waals surface area contributed by atoms with E-state index in [0.717, 1.165) is 6.42 Å². The smallest absolute Gasteiger partial charge is 0.333 e. The highest BCUT2D eigenvalue weighted by Crippen LogP contribution is 2.47. The maximum Gasteiger partial charge on any atom is 0.333 e. The molecule has 6 atom stereocenters. The molecule has 5 nitrogen and oxygen atoms in total. The Morgan fingerprint density at radius 3 is 2.82 bits per heavy atom. The Hall–Kier alpha value is -0.910. The van der Waals surface area contributed by atoms with Crippen LogP contribution in [0.15, 0.2) is 12.2 Å². The summed E-state index contributed by atoms with van der Waals surface area (Å²) >= 11 is 0. The van der Waals surface area contributed by atoms with E-state index in [1.54, 1.807) is 6.92 Å². The zero-order valence-electron chi connectivity index (χ0n) is 9.67. The molecular weight excluding hydrogens is 224 g/mol. The number of carbonyl (C=O) groups excluding carboxylic acids is 1. The molecule has 3 aliphatic rings. The van der Waals surface area contributed by atoms with Gasteiger partial charge in [-0.25, -0.2) is 4.79 Å². The van der Waals surface area contributed by atoms with Gasteiger partial charge in [0, 0.05) is 12.0 Å². The van der Waals surface area contributed by atoms with Crippen LogP contribution < -0.4 is 0 Å². The highest BCUT2D eigenvalue weighted by Gasteiger charge is 2.59. The van der Waals surface area contributed by atoms with Gasteiger partial charge < -0.3 is 19.3 Å². The number of carbonyl (C=O) groups is 1. The van der Waals surface area contributed by atoms with Crippen molar-refractivity contribution in [1.82, 2.24) is 0 Å². The van der Waals surface area contributed by atoms with Gasteiger partial charge in [0.1, 0.15) is 6.10 Å². The zero-order valence-corrected chi connectivity index (χ0v) is 9.67. The molecule has 94 valence electrons. The second kappa shape index (κ2) is 3.80. The molecule has 3 saturated heterocycles. The number of esters is 1. The number of rotatable bonds is 2. The Labute approximate surface area is 99.3 Å². The normalized spacial score (nSPS) is 46.9. The first-order chi connectivity index (χ1) is 8.06. The molecule has 0 aromatic rings. The van der Waals surface area contributed by atoms with Crippen molar-refractivity contribution < 1.29 is 24.1 Å². The topological polar surface area (TPSA) is 65.0 Å². The molecule has 1 N–H and O–H groups in total. The fraction of sp³-hybridized carbons (Fsp3) is 0.750. The third kappa shape index (κ3) is 1.69. The van der Waals surface area contributed by atoms with Crippen molar-refractivity contribution >= 4 is 5.97 Å². The first-order valence-corrected chi connectivity index (χ1v) is 5.91. The van der Waals surface area contributed by atoms with E-state index in [2.05, 4.69) is 6.58 Å². The minimum absolute atomic E-state index is 0.0358. The summed E-state index contributed by atoms with van der Waals surface area (Å²) in [4.78, 5) is 11.5. The Bertz CT molecular complexity index is 366. The summed E-state index contributed by atoms with van der Waals surface area (Å²) in [5.41, 5.74) is 0.362. The van der Waals surface area contributed by atoms with E-state index >= 15 is 0 Å². The molecule has 5 heteroatoms. The van der Waals surface area contributed by atoms with Gasteiger partial charge in [-0.05, 0) is 19.3 Å². The van der Waals surface area contributed by atoms with Crippen molar-refractivity contribution in [3.63, 3.8) is 0 Å². The van der Waals surface area contributed by atoms with Crippen LogP contribution in [0.1, 0.15) is 19.8 Å². The monoisotopic (exact) mass is 240 g/mol. The molecule has 2 bridgehead atoms. The molecule has 3 heterocycles. The molecule has 0 aliphatic carbocycles. The highest BCUT2D eigenvalue weighted by atomic mass is 16.7. The summed E-state index contributed by atoms with van der Waals surface area (Å²) in [5.74, 6) is -0.0973. The molecule has 17 heavy (non-hydrogen) atoms. The van der Waals surface area contributed by atoms with Crippen LogP contribution in [0.5, 0.6) is 0 Å². The predicted molar refractivity (Wildman–Crippen MR) is 57.0 cm³/mol. The lowest BCUT2D eigenvalue weighted by Gasteiger charge is -2.38. The van der Waals surface area contributed by atoms with Crippen LogP contribution in [0.3, 0.4) is 0 Å². The zero-order chi connectivity index (χ0) is 12.2. The van der Waals surface area contributed by atoms with Gasteiger partial charge in [-0.15, -0.1) is 0 Å². The lowest BCUT2D eigenvalue weighted by atomic mass is 9.81. The van der Waals surface area contributed by atoms with Crippen LogP contribution in [-0.2, 0) is 19.0 Å². The fourth-order valence-electron chi connectivity index (χ4n) is 3.01. The van der Waals surface area contributed by atoms with Gasteiger partial charge in [0.05, 0.1) is 12.2 Å². The molecule has 3 unspecified atom stereocenters. The van der Waals surface area contributed by atoms with Gasteiger partial charge in [-0.1, -0.05) is 6.58 Å². The highest BCUT2D eigenvalue weighted by molar-refractivity contribution is 5.87. The number of aliphatic hydroxyl groups is 1. The molecule has 3 fully saturated rings. The van der Waals surface area contributed by atoms with Gasteiger partial charge in [0.2, 0.25) is 0 Å². The summed E-state index contributed by atoms with van der Waals surface area (Å²) in [7, 11) is 0. The number of ether oxygens (including phenoxy) is 3. The van der Waals surface area contributed by atoms with E-state index in [-0.39, 0.29) is 18.3 Å². The van der Waals surface area contributed by atoms with Gasteiger partial charge >= 0.3 is 5.97 Å². The molecule has 0 aromatic carbocycles. The lowest BCUT2D eigenvalue weighted by molar-refractivity contribution is -0.219. The molecule has 0 saturated carbocycles. The Morgan fingerprint density at radius 1 is 1.35 bits per heavy atom. The van der Waals surface area contributed by atoms with E-state index in [0.29, 0.717) is 17.9 Å². The van der Waals surface area contributed by atoms with Gasteiger partial charge in [0.25, 0.3) is 0 Å². The number of aliphatic hydroxyl groups excluding tert-OH is 1.